The molecular weight excluding hydrogens is 547 g/mol. The molecule has 10 heteroatoms. The van der Waals surface area contributed by atoms with Gasteiger partial charge in [-0.15, -0.1) is 0 Å². The number of carbonyl (C=O) groups is 3. The molecule has 2 unspecified atom stereocenters. The molecular formula is C32H38F3N3O4. The normalized spacial score (nSPS) is 22.6. The monoisotopic (exact) mass is 585 g/mol. The zero-order valence-electron chi connectivity index (χ0n) is 24.6. The first-order chi connectivity index (χ1) is 19.5. The summed E-state index contributed by atoms with van der Waals surface area (Å²) in [6.45, 7) is 10.0. The van der Waals surface area contributed by atoms with Crippen LogP contribution in [0.5, 0.6) is 0 Å². The van der Waals surface area contributed by atoms with Gasteiger partial charge in [-0.05, 0) is 80.7 Å². The van der Waals surface area contributed by atoms with Crippen molar-refractivity contribution in [3.05, 3.63) is 70.8 Å². The lowest BCUT2D eigenvalue weighted by Crippen LogP contribution is -2.50. The number of carbonyl (C=O) groups excluding carboxylic acids is 2. The number of amides is 2. The summed E-state index contributed by atoms with van der Waals surface area (Å²) >= 11 is 0. The highest BCUT2D eigenvalue weighted by Gasteiger charge is 2.52. The molecule has 0 saturated heterocycles. The number of hydrogen-bond donors (Lipinski definition) is 2. The summed E-state index contributed by atoms with van der Waals surface area (Å²) in [7, 11) is 0. The molecule has 1 spiro atoms. The molecule has 226 valence electrons. The first-order valence-electron chi connectivity index (χ1n) is 14.3. The van der Waals surface area contributed by atoms with E-state index in [4.69, 9.17) is 10.1 Å². The van der Waals surface area contributed by atoms with Crippen LogP contribution in [0.4, 0.5) is 13.2 Å². The van der Waals surface area contributed by atoms with Crippen LogP contribution in [0, 0.1) is 11.3 Å². The maximum atomic E-state index is 14.0. The zero-order chi connectivity index (χ0) is 31.0. The van der Waals surface area contributed by atoms with Gasteiger partial charge in [-0.1, -0.05) is 45.0 Å². The van der Waals surface area contributed by atoms with Gasteiger partial charge in [0.05, 0.1) is 18.0 Å². The highest BCUT2D eigenvalue weighted by molar-refractivity contribution is 6.46. The van der Waals surface area contributed by atoms with E-state index in [-0.39, 0.29) is 23.1 Å². The van der Waals surface area contributed by atoms with Crippen molar-refractivity contribution >= 4 is 23.5 Å². The minimum Gasteiger partial charge on any atom is -0.481 e. The van der Waals surface area contributed by atoms with Crippen LogP contribution >= 0.6 is 0 Å². The molecule has 1 saturated carbocycles. The number of halogens is 3. The Morgan fingerprint density at radius 3 is 2.24 bits per heavy atom. The van der Waals surface area contributed by atoms with Gasteiger partial charge in [-0.2, -0.15) is 13.2 Å². The van der Waals surface area contributed by atoms with Crippen molar-refractivity contribution in [3.63, 3.8) is 0 Å². The van der Waals surface area contributed by atoms with Gasteiger partial charge in [0.15, 0.2) is 0 Å². The van der Waals surface area contributed by atoms with Gasteiger partial charge in [0.25, 0.3) is 11.8 Å². The maximum Gasteiger partial charge on any atom is 0.416 e. The van der Waals surface area contributed by atoms with E-state index >= 15 is 0 Å². The molecule has 2 N–H and O–H groups in total. The lowest BCUT2D eigenvalue weighted by atomic mass is 9.69. The highest BCUT2D eigenvalue weighted by Crippen LogP contribution is 2.49. The lowest BCUT2D eigenvalue weighted by Gasteiger charge is -2.46. The minimum atomic E-state index is -4.55. The van der Waals surface area contributed by atoms with E-state index in [1.54, 1.807) is 36.1 Å². The number of nitrogens with zero attached hydrogens (tertiary/aromatic N) is 2. The molecule has 0 radical (unpaired) electrons. The van der Waals surface area contributed by atoms with Crippen LogP contribution in [-0.4, -0.2) is 45.2 Å². The summed E-state index contributed by atoms with van der Waals surface area (Å²) in [5.41, 5.74) is -0.376. The van der Waals surface area contributed by atoms with Gasteiger partial charge < -0.3 is 15.3 Å². The van der Waals surface area contributed by atoms with Crippen molar-refractivity contribution in [1.82, 2.24) is 10.2 Å². The molecule has 2 atom stereocenters. The fourth-order valence-corrected chi connectivity index (χ4v) is 6.16. The Morgan fingerprint density at radius 1 is 1.07 bits per heavy atom. The molecule has 7 nitrogen and oxygen atoms in total. The quantitative estimate of drug-likeness (QED) is 0.381. The Bertz CT molecular complexity index is 1370. The van der Waals surface area contributed by atoms with E-state index < -0.39 is 47.3 Å². The SMILES string of the molecule is CC(CC(=O)O)NC(=O)c1ccc(C(C)N2C(=O)C(c3cccc(C(F)(F)F)c3)=NC23CCC(C(C)(C)C)CC3)cc1. The Balaban J connectivity index is 1.65. The molecule has 0 aromatic heterocycles. The van der Waals surface area contributed by atoms with Gasteiger partial charge in [-0.3, -0.25) is 19.4 Å². The summed E-state index contributed by atoms with van der Waals surface area (Å²) in [6, 6.07) is 10.4. The standard InChI is InChI=1S/C32H38F3N3O4/c1-19(17-26(39)40)36-28(41)22-11-9-21(10-12-22)20(2)38-29(42)27(23-7-6-8-25(18-23)32(33,34)35)37-31(38)15-13-24(14-16-31)30(3,4)5/h6-12,18-20,24H,13-17H2,1-5H3,(H,36,41)(H,39,40). The largest absolute Gasteiger partial charge is 0.481 e. The second-order valence-electron chi connectivity index (χ2n) is 12.6. The van der Waals surface area contributed by atoms with Crippen molar-refractivity contribution in [2.45, 2.75) is 90.6 Å². The molecule has 1 fully saturated rings. The Kier molecular flexibility index (Phi) is 8.58. The molecule has 4 rings (SSSR count). The number of aliphatic carboxylic acids is 1. The Hall–Kier alpha value is -3.69. The molecule has 1 heterocycles. The number of hydrogen-bond acceptors (Lipinski definition) is 4. The topological polar surface area (TPSA) is 99.1 Å². The summed E-state index contributed by atoms with van der Waals surface area (Å²) in [5.74, 6) is -1.42. The average Bonchev–Trinajstić information content (AvgIpc) is 3.18. The minimum absolute atomic E-state index is 0.0329. The third-order valence-electron chi connectivity index (χ3n) is 8.57. The van der Waals surface area contributed by atoms with Crippen LogP contribution in [0.1, 0.15) is 99.8 Å². The van der Waals surface area contributed by atoms with E-state index in [0.717, 1.165) is 30.5 Å². The maximum absolute atomic E-state index is 14.0. The number of alkyl halides is 3. The van der Waals surface area contributed by atoms with E-state index in [1.165, 1.54) is 12.1 Å². The highest BCUT2D eigenvalue weighted by atomic mass is 19.4. The van der Waals surface area contributed by atoms with Crippen molar-refractivity contribution in [2.24, 2.45) is 16.3 Å². The van der Waals surface area contributed by atoms with E-state index in [1.807, 2.05) is 6.92 Å². The predicted molar refractivity (Wildman–Crippen MR) is 153 cm³/mol. The molecule has 2 aromatic carbocycles. The van der Waals surface area contributed by atoms with Gasteiger partial charge in [-0.25, -0.2) is 0 Å². The van der Waals surface area contributed by atoms with Crippen molar-refractivity contribution in [2.75, 3.05) is 0 Å². The van der Waals surface area contributed by atoms with E-state index in [0.29, 0.717) is 24.3 Å². The summed E-state index contributed by atoms with van der Waals surface area (Å²) in [4.78, 5) is 44.2. The van der Waals surface area contributed by atoms with Crippen LogP contribution in [0.15, 0.2) is 53.5 Å². The first kappa shape index (κ1) is 31.3. The van der Waals surface area contributed by atoms with Crippen molar-refractivity contribution in [1.29, 1.82) is 0 Å². The van der Waals surface area contributed by atoms with Crippen LogP contribution in [-0.2, 0) is 15.8 Å². The molecule has 42 heavy (non-hydrogen) atoms. The molecule has 2 aromatic rings. The van der Waals surface area contributed by atoms with Crippen molar-refractivity contribution < 1.29 is 32.7 Å². The summed E-state index contributed by atoms with van der Waals surface area (Å²) in [5, 5.41) is 11.6. The molecule has 0 bridgehead atoms. The van der Waals surface area contributed by atoms with Gasteiger partial charge in [0.2, 0.25) is 0 Å². The molecule has 2 amide bonds. The van der Waals surface area contributed by atoms with Crippen LogP contribution in [0.2, 0.25) is 0 Å². The third kappa shape index (κ3) is 6.52. The van der Waals surface area contributed by atoms with Crippen LogP contribution in [0.25, 0.3) is 0 Å². The first-order valence-corrected chi connectivity index (χ1v) is 14.3. The number of benzene rings is 2. The van der Waals surface area contributed by atoms with Crippen LogP contribution in [0.3, 0.4) is 0 Å². The van der Waals surface area contributed by atoms with E-state index in [9.17, 15) is 27.6 Å². The lowest BCUT2D eigenvalue weighted by molar-refractivity contribution is -0.138. The molecule has 1 aliphatic carbocycles. The number of carboxylic acid groups (broad SMARTS) is 1. The van der Waals surface area contributed by atoms with E-state index in [2.05, 4.69) is 26.1 Å². The van der Waals surface area contributed by atoms with Crippen molar-refractivity contribution in [3.8, 4) is 0 Å². The Morgan fingerprint density at radius 2 is 1.69 bits per heavy atom. The number of rotatable bonds is 7. The fraction of sp³-hybridized carbons (Fsp3) is 0.500. The fourth-order valence-electron chi connectivity index (χ4n) is 6.16. The predicted octanol–water partition coefficient (Wildman–Crippen LogP) is 6.62. The third-order valence-corrected chi connectivity index (χ3v) is 8.57. The van der Waals surface area contributed by atoms with Crippen LogP contribution < -0.4 is 5.32 Å². The average molecular weight is 586 g/mol. The second kappa shape index (κ2) is 11.5. The number of nitrogens with one attached hydrogen (secondary N) is 1. The molecule has 2 aliphatic rings. The summed E-state index contributed by atoms with van der Waals surface area (Å²) < 4.78 is 40.5. The second-order valence-corrected chi connectivity index (χ2v) is 12.6. The number of carboxylic acids is 1. The summed E-state index contributed by atoms with van der Waals surface area (Å²) in [6.07, 6.45) is -1.91. The van der Waals surface area contributed by atoms with Gasteiger partial charge >= 0.3 is 12.1 Å². The smallest absolute Gasteiger partial charge is 0.416 e. The zero-order valence-corrected chi connectivity index (χ0v) is 24.6. The van der Waals surface area contributed by atoms with Gasteiger partial charge in [0.1, 0.15) is 11.4 Å². The Labute approximate surface area is 244 Å². The van der Waals surface area contributed by atoms with Gasteiger partial charge in [0, 0.05) is 17.2 Å². The number of aliphatic imine (C=N–C) groups is 1. The molecule has 1 aliphatic heterocycles.